The maximum absolute atomic E-state index is 11.5. The van der Waals surface area contributed by atoms with Gasteiger partial charge in [0.05, 0.1) is 17.8 Å². The molecule has 0 atom stereocenters. The molecule has 0 saturated carbocycles. The molecule has 1 aromatic carbocycles. The zero-order valence-corrected chi connectivity index (χ0v) is 8.75. The van der Waals surface area contributed by atoms with Crippen LogP contribution < -0.4 is 0 Å². The minimum atomic E-state index is -0.510. The average molecular weight is 221 g/mol. The number of carbonyl (C=O) groups excluding carboxylic acids is 1. The molecule has 0 aliphatic rings. The Morgan fingerprint density at radius 2 is 2.06 bits per heavy atom. The summed E-state index contributed by atoms with van der Waals surface area (Å²) in [6.45, 7) is 2.30. The molecule has 16 heavy (non-hydrogen) atoms. The van der Waals surface area contributed by atoms with Crippen molar-refractivity contribution in [2.75, 3.05) is 6.61 Å². The number of ether oxygens (including phenoxy) is 1. The standard InChI is InChI=1S/C11H11NO4/c1-2-16-8-7-11(13)9-3-5-10(6-4-9)12(14)15/h3-8H,2H2,1H3. The first kappa shape index (κ1) is 11.9. The van der Waals surface area contributed by atoms with Crippen molar-refractivity contribution in [3.05, 3.63) is 52.3 Å². The van der Waals surface area contributed by atoms with Gasteiger partial charge in [-0.2, -0.15) is 0 Å². The smallest absolute Gasteiger partial charge is 0.269 e. The predicted molar refractivity (Wildman–Crippen MR) is 58.2 cm³/mol. The quantitative estimate of drug-likeness (QED) is 0.251. The molecule has 0 aliphatic heterocycles. The molecule has 0 spiro atoms. The molecule has 0 heterocycles. The highest BCUT2D eigenvalue weighted by Crippen LogP contribution is 2.12. The van der Waals surface area contributed by atoms with Gasteiger partial charge in [0.1, 0.15) is 0 Å². The van der Waals surface area contributed by atoms with E-state index in [1.165, 1.54) is 36.6 Å². The fourth-order valence-electron chi connectivity index (χ4n) is 1.05. The summed E-state index contributed by atoms with van der Waals surface area (Å²) >= 11 is 0. The third kappa shape index (κ3) is 3.20. The Hall–Kier alpha value is -2.17. The summed E-state index contributed by atoms with van der Waals surface area (Å²) in [5, 5.41) is 10.4. The van der Waals surface area contributed by atoms with Gasteiger partial charge < -0.3 is 4.74 Å². The van der Waals surface area contributed by atoms with Crippen molar-refractivity contribution in [3.63, 3.8) is 0 Å². The first-order valence-electron chi connectivity index (χ1n) is 4.72. The van der Waals surface area contributed by atoms with Crippen LogP contribution in [0, 0.1) is 10.1 Å². The second-order valence-electron chi connectivity index (χ2n) is 2.93. The molecule has 5 heteroatoms. The van der Waals surface area contributed by atoms with E-state index in [1.54, 1.807) is 6.92 Å². The lowest BCUT2D eigenvalue weighted by atomic mass is 10.1. The maximum Gasteiger partial charge on any atom is 0.269 e. The van der Waals surface area contributed by atoms with Crippen LogP contribution in [0.25, 0.3) is 0 Å². The molecule has 5 nitrogen and oxygen atoms in total. The summed E-state index contributed by atoms with van der Waals surface area (Å²) < 4.78 is 4.88. The van der Waals surface area contributed by atoms with Gasteiger partial charge in [0.25, 0.3) is 5.69 Å². The van der Waals surface area contributed by atoms with E-state index in [-0.39, 0.29) is 11.5 Å². The number of nitro benzene ring substituents is 1. The van der Waals surface area contributed by atoms with Crippen LogP contribution in [0.4, 0.5) is 5.69 Å². The van der Waals surface area contributed by atoms with Crippen molar-refractivity contribution in [3.8, 4) is 0 Å². The van der Waals surface area contributed by atoms with E-state index in [4.69, 9.17) is 4.74 Å². The van der Waals surface area contributed by atoms with Crippen molar-refractivity contribution in [1.82, 2.24) is 0 Å². The number of ketones is 1. The number of rotatable bonds is 5. The van der Waals surface area contributed by atoms with E-state index >= 15 is 0 Å². The van der Waals surface area contributed by atoms with Crippen LogP contribution in [0.3, 0.4) is 0 Å². The van der Waals surface area contributed by atoms with Gasteiger partial charge in [0.2, 0.25) is 0 Å². The highest BCUT2D eigenvalue weighted by Gasteiger charge is 2.06. The van der Waals surface area contributed by atoms with Crippen LogP contribution in [0.1, 0.15) is 17.3 Å². The lowest BCUT2D eigenvalue weighted by molar-refractivity contribution is -0.384. The molecule has 0 aromatic heterocycles. The summed E-state index contributed by atoms with van der Waals surface area (Å²) in [5.41, 5.74) is 0.354. The molecule has 0 amide bonds. The van der Waals surface area contributed by atoms with Crippen molar-refractivity contribution in [2.45, 2.75) is 6.92 Å². The second-order valence-corrected chi connectivity index (χ2v) is 2.93. The third-order valence-corrected chi connectivity index (χ3v) is 1.84. The molecular formula is C11H11NO4. The van der Waals surface area contributed by atoms with Crippen LogP contribution in [0.15, 0.2) is 36.6 Å². The highest BCUT2D eigenvalue weighted by molar-refractivity contribution is 6.04. The van der Waals surface area contributed by atoms with Gasteiger partial charge in [-0.05, 0) is 19.1 Å². The summed E-state index contributed by atoms with van der Waals surface area (Å²) in [4.78, 5) is 21.3. The maximum atomic E-state index is 11.5. The molecule has 0 bridgehead atoms. The van der Waals surface area contributed by atoms with Crippen molar-refractivity contribution in [2.24, 2.45) is 0 Å². The van der Waals surface area contributed by atoms with Gasteiger partial charge >= 0.3 is 0 Å². The summed E-state index contributed by atoms with van der Waals surface area (Å²) in [5.74, 6) is -0.247. The Kier molecular flexibility index (Phi) is 4.20. The predicted octanol–water partition coefficient (Wildman–Crippen LogP) is 2.33. The fraction of sp³-hybridized carbons (Fsp3) is 0.182. The Morgan fingerprint density at radius 1 is 1.44 bits per heavy atom. The average Bonchev–Trinajstić information content (AvgIpc) is 2.29. The molecule has 0 saturated heterocycles. The van der Waals surface area contributed by atoms with E-state index < -0.39 is 4.92 Å². The van der Waals surface area contributed by atoms with E-state index in [0.717, 1.165) is 0 Å². The van der Waals surface area contributed by atoms with Gasteiger partial charge in [-0.15, -0.1) is 0 Å². The first-order valence-corrected chi connectivity index (χ1v) is 4.72. The van der Waals surface area contributed by atoms with Gasteiger partial charge in [-0.3, -0.25) is 14.9 Å². The summed E-state index contributed by atoms with van der Waals surface area (Å²) in [7, 11) is 0. The van der Waals surface area contributed by atoms with E-state index in [2.05, 4.69) is 0 Å². The topological polar surface area (TPSA) is 69.4 Å². The van der Waals surface area contributed by atoms with Crippen LogP contribution >= 0.6 is 0 Å². The van der Waals surface area contributed by atoms with Gasteiger partial charge in [-0.25, -0.2) is 0 Å². The van der Waals surface area contributed by atoms with Crippen LogP contribution in [-0.4, -0.2) is 17.3 Å². The number of nitrogens with zero attached hydrogens (tertiary/aromatic N) is 1. The fourth-order valence-corrected chi connectivity index (χ4v) is 1.05. The number of benzene rings is 1. The first-order chi connectivity index (χ1) is 7.65. The normalized spacial score (nSPS) is 10.3. The minimum absolute atomic E-state index is 0.0367. The van der Waals surface area contributed by atoms with Crippen molar-refractivity contribution in [1.29, 1.82) is 0 Å². The van der Waals surface area contributed by atoms with Gasteiger partial charge in [0.15, 0.2) is 5.78 Å². The zero-order valence-electron chi connectivity index (χ0n) is 8.75. The van der Waals surface area contributed by atoms with E-state index in [0.29, 0.717) is 12.2 Å². The zero-order chi connectivity index (χ0) is 12.0. The Bertz CT molecular complexity index is 408. The molecule has 0 radical (unpaired) electrons. The largest absolute Gasteiger partial charge is 0.501 e. The lowest BCUT2D eigenvalue weighted by Crippen LogP contribution is -1.95. The molecule has 0 N–H and O–H groups in total. The van der Waals surface area contributed by atoms with Crippen LogP contribution in [0.5, 0.6) is 0 Å². The van der Waals surface area contributed by atoms with Crippen molar-refractivity contribution >= 4 is 11.5 Å². The number of nitro groups is 1. The molecular weight excluding hydrogens is 210 g/mol. The second kappa shape index (κ2) is 5.65. The minimum Gasteiger partial charge on any atom is -0.501 e. The number of allylic oxidation sites excluding steroid dienone is 1. The lowest BCUT2D eigenvalue weighted by Gasteiger charge is -1.96. The Morgan fingerprint density at radius 3 is 2.56 bits per heavy atom. The van der Waals surface area contributed by atoms with Gasteiger partial charge in [-0.1, -0.05) is 0 Å². The molecule has 0 fully saturated rings. The van der Waals surface area contributed by atoms with Gasteiger partial charge in [0, 0.05) is 23.8 Å². The van der Waals surface area contributed by atoms with Crippen molar-refractivity contribution < 1.29 is 14.5 Å². The van der Waals surface area contributed by atoms with Crippen LogP contribution in [0.2, 0.25) is 0 Å². The Balaban J connectivity index is 2.74. The molecule has 1 rings (SSSR count). The number of non-ortho nitro benzene ring substituents is 1. The molecule has 84 valence electrons. The number of hydrogen-bond donors (Lipinski definition) is 0. The van der Waals surface area contributed by atoms with E-state index in [1.807, 2.05) is 0 Å². The SMILES string of the molecule is CCOC=CC(=O)c1ccc([N+](=O)[O-])cc1. The van der Waals surface area contributed by atoms with Crippen LogP contribution in [-0.2, 0) is 4.74 Å². The summed E-state index contributed by atoms with van der Waals surface area (Å²) in [6.07, 6.45) is 2.59. The third-order valence-electron chi connectivity index (χ3n) is 1.84. The molecule has 0 aliphatic carbocycles. The summed E-state index contributed by atoms with van der Waals surface area (Å²) in [6, 6.07) is 5.41. The Labute approximate surface area is 92.5 Å². The molecule has 0 unspecified atom stereocenters. The number of carbonyl (C=O) groups is 1. The molecule has 1 aromatic rings. The monoisotopic (exact) mass is 221 g/mol. The van der Waals surface area contributed by atoms with E-state index in [9.17, 15) is 14.9 Å². The highest BCUT2D eigenvalue weighted by atomic mass is 16.6. The number of hydrogen-bond acceptors (Lipinski definition) is 4.